The number of sulfone groups is 1. The molecular formula is C20H26N4O4S. The Labute approximate surface area is 170 Å². The number of hydrogen-bond donors (Lipinski definition) is 0. The van der Waals surface area contributed by atoms with Crippen LogP contribution >= 0.6 is 0 Å². The molecule has 8 nitrogen and oxygen atoms in total. The summed E-state index contributed by atoms with van der Waals surface area (Å²) in [6, 6.07) is 11.0. The van der Waals surface area contributed by atoms with E-state index in [4.69, 9.17) is 4.74 Å². The molecule has 0 radical (unpaired) electrons. The molecule has 1 aromatic heterocycles. The molecule has 1 unspecified atom stereocenters. The fourth-order valence-electron chi connectivity index (χ4n) is 4.07. The number of benzene rings is 1. The minimum atomic E-state index is -2.87. The Morgan fingerprint density at radius 1 is 1.10 bits per heavy atom. The summed E-state index contributed by atoms with van der Waals surface area (Å²) in [6.07, 6.45) is 0.726. The van der Waals surface area contributed by atoms with Crippen molar-refractivity contribution < 1.29 is 13.2 Å². The molecule has 1 atom stereocenters. The van der Waals surface area contributed by atoms with Gasteiger partial charge in [-0.1, -0.05) is 12.1 Å². The first-order valence-corrected chi connectivity index (χ1v) is 11.7. The van der Waals surface area contributed by atoms with Crippen LogP contribution < -0.4 is 10.3 Å². The minimum absolute atomic E-state index is 0.136. The lowest BCUT2D eigenvalue weighted by molar-refractivity contribution is 0.0800. The molecule has 0 amide bonds. The Morgan fingerprint density at radius 2 is 1.86 bits per heavy atom. The van der Waals surface area contributed by atoms with E-state index in [1.165, 1.54) is 10.7 Å². The molecule has 2 aliphatic heterocycles. The van der Waals surface area contributed by atoms with Crippen LogP contribution in [0.15, 0.2) is 41.2 Å². The van der Waals surface area contributed by atoms with Crippen LogP contribution in [0.2, 0.25) is 0 Å². The van der Waals surface area contributed by atoms with Crippen molar-refractivity contribution in [2.75, 3.05) is 44.8 Å². The highest BCUT2D eigenvalue weighted by Gasteiger charge is 2.33. The van der Waals surface area contributed by atoms with Crippen molar-refractivity contribution in [1.29, 1.82) is 0 Å². The first kappa shape index (κ1) is 20.1. The lowest BCUT2D eigenvalue weighted by Gasteiger charge is -2.37. The van der Waals surface area contributed by atoms with Crippen LogP contribution in [0.4, 0.5) is 0 Å². The first-order valence-electron chi connectivity index (χ1n) is 9.83. The van der Waals surface area contributed by atoms with Gasteiger partial charge in [0, 0.05) is 43.9 Å². The second-order valence-corrected chi connectivity index (χ2v) is 9.84. The van der Waals surface area contributed by atoms with Gasteiger partial charge in [0.25, 0.3) is 5.56 Å². The zero-order valence-electron chi connectivity index (χ0n) is 16.5. The Kier molecular flexibility index (Phi) is 5.71. The molecule has 0 spiro atoms. The second kappa shape index (κ2) is 8.25. The van der Waals surface area contributed by atoms with Gasteiger partial charge in [0.05, 0.1) is 31.0 Å². The first-order chi connectivity index (χ1) is 13.9. The predicted molar refractivity (Wildman–Crippen MR) is 111 cm³/mol. The number of hydrogen-bond acceptors (Lipinski definition) is 7. The number of piperazine rings is 1. The number of methoxy groups -OCH3 is 1. The molecule has 4 rings (SSSR count). The van der Waals surface area contributed by atoms with E-state index in [1.807, 2.05) is 24.3 Å². The van der Waals surface area contributed by atoms with Crippen LogP contribution in [-0.4, -0.2) is 78.8 Å². The fraction of sp³-hybridized carbons (Fsp3) is 0.500. The van der Waals surface area contributed by atoms with Crippen LogP contribution in [0.5, 0.6) is 5.75 Å². The second-order valence-electron chi connectivity index (χ2n) is 7.61. The van der Waals surface area contributed by atoms with E-state index >= 15 is 0 Å². The standard InChI is InChI=1S/C20H26N4O4S/c1-28-19-5-3-2-4-17(19)18-6-7-20(25)24(21-18)15-22-9-11-23(12-10-22)16-8-13-29(26,27)14-16/h2-7,16H,8-15H2,1H3. The van der Waals surface area contributed by atoms with Gasteiger partial charge in [0.2, 0.25) is 0 Å². The quantitative estimate of drug-likeness (QED) is 0.706. The zero-order chi connectivity index (χ0) is 20.4. The van der Waals surface area contributed by atoms with E-state index in [1.54, 1.807) is 13.2 Å². The van der Waals surface area contributed by atoms with Crippen LogP contribution in [0.1, 0.15) is 6.42 Å². The summed E-state index contributed by atoms with van der Waals surface area (Å²) in [4.78, 5) is 16.8. The third-order valence-corrected chi connectivity index (χ3v) is 7.47. The summed E-state index contributed by atoms with van der Waals surface area (Å²) in [5.74, 6) is 1.28. The van der Waals surface area contributed by atoms with Gasteiger partial charge >= 0.3 is 0 Å². The SMILES string of the molecule is COc1ccccc1-c1ccc(=O)n(CN2CCN(C3CCS(=O)(=O)C3)CC2)n1. The van der Waals surface area contributed by atoms with Crippen LogP contribution in [0, 0.1) is 0 Å². The third-order valence-electron chi connectivity index (χ3n) is 5.72. The maximum atomic E-state index is 12.3. The van der Waals surface area contributed by atoms with E-state index in [-0.39, 0.29) is 17.4 Å². The molecule has 156 valence electrons. The molecule has 2 fully saturated rings. The summed E-state index contributed by atoms with van der Waals surface area (Å²) in [5, 5.41) is 4.55. The van der Waals surface area contributed by atoms with Gasteiger partial charge in [-0.2, -0.15) is 5.10 Å². The van der Waals surface area contributed by atoms with Gasteiger partial charge in [-0.05, 0) is 24.6 Å². The van der Waals surface area contributed by atoms with Gasteiger partial charge in [0.1, 0.15) is 5.75 Å². The monoisotopic (exact) mass is 418 g/mol. The summed E-state index contributed by atoms with van der Waals surface area (Å²) in [5.41, 5.74) is 1.39. The van der Waals surface area contributed by atoms with Crippen molar-refractivity contribution in [3.63, 3.8) is 0 Å². The lowest BCUT2D eigenvalue weighted by atomic mass is 10.1. The largest absolute Gasteiger partial charge is 0.496 e. The topological polar surface area (TPSA) is 84.7 Å². The lowest BCUT2D eigenvalue weighted by Crippen LogP contribution is -2.51. The third kappa shape index (κ3) is 4.52. The maximum Gasteiger partial charge on any atom is 0.268 e. The molecule has 2 saturated heterocycles. The Hall–Kier alpha value is -2.23. The summed E-state index contributed by atoms with van der Waals surface area (Å²) >= 11 is 0. The van der Waals surface area contributed by atoms with Crippen LogP contribution in [0.25, 0.3) is 11.3 Å². The summed E-state index contributed by atoms with van der Waals surface area (Å²) in [6.45, 7) is 3.59. The van der Waals surface area contributed by atoms with E-state index in [2.05, 4.69) is 14.9 Å². The van der Waals surface area contributed by atoms with Gasteiger partial charge in [-0.25, -0.2) is 13.1 Å². The Bertz CT molecular complexity index is 1030. The number of aromatic nitrogens is 2. The van der Waals surface area contributed by atoms with E-state index < -0.39 is 9.84 Å². The minimum Gasteiger partial charge on any atom is -0.496 e. The van der Waals surface area contributed by atoms with E-state index in [0.29, 0.717) is 23.9 Å². The molecular weight excluding hydrogens is 392 g/mol. The highest BCUT2D eigenvalue weighted by atomic mass is 32.2. The zero-order valence-corrected chi connectivity index (χ0v) is 17.3. The number of ether oxygens (including phenoxy) is 1. The molecule has 3 heterocycles. The Balaban J connectivity index is 1.43. The van der Waals surface area contributed by atoms with Crippen LogP contribution in [0.3, 0.4) is 0 Å². The van der Waals surface area contributed by atoms with Gasteiger partial charge in [0.15, 0.2) is 9.84 Å². The van der Waals surface area contributed by atoms with Crippen molar-refractivity contribution >= 4 is 9.84 Å². The van der Waals surface area contributed by atoms with Gasteiger partial charge in [-0.15, -0.1) is 0 Å². The van der Waals surface area contributed by atoms with Crippen molar-refractivity contribution in [1.82, 2.24) is 19.6 Å². The number of para-hydroxylation sites is 1. The molecule has 2 aromatic rings. The predicted octanol–water partition coefficient (Wildman–Crippen LogP) is 0.681. The van der Waals surface area contributed by atoms with Crippen molar-refractivity contribution in [3.8, 4) is 17.0 Å². The van der Waals surface area contributed by atoms with Gasteiger partial charge in [-0.3, -0.25) is 14.6 Å². The van der Waals surface area contributed by atoms with Crippen molar-refractivity contribution in [2.24, 2.45) is 0 Å². The average molecular weight is 419 g/mol. The number of rotatable bonds is 5. The summed E-state index contributed by atoms with van der Waals surface area (Å²) in [7, 11) is -1.26. The molecule has 29 heavy (non-hydrogen) atoms. The highest BCUT2D eigenvalue weighted by molar-refractivity contribution is 7.91. The molecule has 0 N–H and O–H groups in total. The smallest absolute Gasteiger partial charge is 0.268 e. The molecule has 0 bridgehead atoms. The molecule has 0 aliphatic carbocycles. The molecule has 9 heteroatoms. The van der Waals surface area contributed by atoms with Crippen LogP contribution in [-0.2, 0) is 16.5 Å². The maximum absolute atomic E-state index is 12.3. The van der Waals surface area contributed by atoms with E-state index in [9.17, 15) is 13.2 Å². The Morgan fingerprint density at radius 3 is 2.55 bits per heavy atom. The molecule has 1 aromatic carbocycles. The molecule has 0 saturated carbocycles. The highest BCUT2D eigenvalue weighted by Crippen LogP contribution is 2.27. The normalized spacial score (nSPS) is 22.6. The number of nitrogens with zero attached hydrogens (tertiary/aromatic N) is 4. The van der Waals surface area contributed by atoms with Gasteiger partial charge < -0.3 is 4.74 Å². The summed E-state index contributed by atoms with van der Waals surface area (Å²) < 4.78 is 30.4. The van der Waals surface area contributed by atoms with E-state index in [0.717, 1.165) is 38.2 Å². The fourth-order valence-corrected chi connectivity index (χ4v) is 5.83. The van der Waals surface area contributed by atoms with Crippen molar-refractivity contribution in [3.05, 3.63) is 46.8 Å². The average Bonchev–Trinajstić information content (AvgIpc) is 3.10. The molecule has 2 aliphatic rings. The van der Waals surface area contributed by atoms with Crippen molar-refractivity contribution in [2.45, 2.75) is 19.1 Å².